The second-order valence-corrected chi connectivity index (χ2v) is 4.55. The molecule has 0 aromatic heterocycles. The van der Waals surface area contributed by atoms with Gasteiger partial charge in [-0.1, -0.05) is 13.0 Å². The number of rotatable bonds is 2. The van der Waals surface area contributed by atoms with Crippen LogP contribution in [-0.4, -0.2) is 23.4 Å². The standard InChI is InChI=1S/C11H18O2/c1-4-10(12)6-5-8(2)9-7-11(9,10)13-3/h4,8-9,12H,1,5-7H2,2-3H3. The van der Waals surface area contributed by atoms with Crippen LogP contribution in [0.2, 0.25) is 0 Å². The molecule has 4 atom stereocenters. The van der Waals surface area contributed by atoms with Gasteiger partial charge in [-0.3, -0.25) is 0 Å². The van der Waals surface area contributed by atoms with E-state index in [9.17, 15) is 5.11 Å². The van der Waals surface area contributed by atoms with Crippen LogP contribution >= 0.6 is 0 Å². The van der Waals surface area contributed by atoms with Gasteiger partial charge >= 0.3 is 0 Å². The molecule has 13 heavy (non-hydrogen) atoms. The van der Waals surface area contributed by atoms with Crippen LogP contribution in [0.15, 0.2) is 12.7 Å². The normalized spacial score (nSPS) is 54.1. The topological polar surface area (TPSA) is 29.5 Å². The lowest BCUT2D eigenvalue weighted by Crippen LogP contribution is -2.49. The van der Waals surface area contributed by atoms with E-state index in [0.717, 1.165) is 19.3 Å². The fourth-order valence-electron chi connectivity index (χ4n) is 2.97. The summed E-state index contributed by atoms with van der Waals surface area (Å²) in [4.78, 5) is 0. The van der Waals surface area contributed by atoms with Crippen LogP contribution in [0.1, 0.15) is 26.2 Å². The summed E-state index contributed by atoms with van der Waals surface area (Å²) < 4.78 is 5.51. The summed E-state index contributed by atoms with van der Waals surface area (Å²) in [6.45, 7) is 5.97. The van der Waals surface area contributed by atoms with Gasteiger partial charge in [-0.2, -0.15) is 0 Å². The van der Waals surface area contributed by atoms with Crippen molar-refractivity contribution in [1.29, 1.82) is 0 Å². The quantitative estimate of drug-likeness (QED) is 0.659. The first-order valence-electron chi connectivity index (χ1n) is 5.01. The van der Waals surface area contributed by atoms with Crippen molar-refractivity contribution in [3.63, 3.8) is 0 Å². The van der Waals surface area contributed by atoms with Crippen LogP contribution in [0, 0.1) is 11.8 Å². The smallest absolute Gasteiger partial charge is 0.112 e. The minimum absolute atomic E-state index is 0.299. The molecule has 0 radical (unpaired) electrons. The summed E-state index contributed by atoms with van der Waals surface area (Å²) in [7, 11) is 1.70. The maximum Gasteiger partial charge on any atom is 0.112 e. The molecule has 0 aliphatic heterocycles. The van der Waals surface area contributed by atoms with Crippen molar-refractivity contribution < 1.29 is 9.84 Å². The molecule has 0 heterocycles. The minimum Gasteiger partial charge on any atom is -0.383 e. The molecule has 1 N–H and O–H groups in total. The molecule has 0 bridgehead atoms. The number of methoxy groups -OCH3 is 1. The van der Waals surface area contributed by atoms with E-state index in [0.29, 0.717) is 11.8 Å². The van der Waals surface area contributed by atoms with Gasteiger partial charge in [0, 0.05) is 7.11 Å². The number of aliphatic hydroxyl groups is 1. The van der Waals surface area contributed by atoms with E-state index < -0.39 is 5.60 Å². The summed E-state index contributed by atoms with van der Waals surface area (Å²) in [6, 6.07) is 0. The van der Waals surface area contributed by atoms with Crippen molar-refractivity contribution in [2.75, 3.05) is 7.11 Å². The molecule has 2 rings (SSSR count). The minimum atomic E-state index is -0.779. The van der Waals surface area contributed by atoms with Gasteiger partial charge in [0.1, 0.15) is 11.2 Å². The van der Waals surface area contributed by atoms with Crippen molar-refractivity contribution in [2.45, 2.75) is 37.4 Å². The molecule has 0 spiro atoms. The zero-order chi connectivity index (χ0) is 9.69. The molecule has 2 aliphatic rings. The molecule has 0 saturated heterocycles. The molecule has 2 nitrogen and oxygen atoms in total. The van der Waals surface area contributed by atoms with E-state index >= 15 is 0 Å². The van der Waals surface area contributed by atoms with Crippen molar-refractivity contribution in [3.8, 4) is 0 Å². The molecule has 2 heteroatoms. The fourth-order valence-corrected chi connectivity index (χ4v) is 2.97. The second kappa shape index (κ2) is 2.58. The van der Waals surface area contributed by atoms with E-state index in [1.165, 1.54) is 0 Å². The van der Waals surface area contributed by atoms with E-state index in [1.54, 1.807) is 13.2 Å². The van der Waals surface area contributed by atoms with Crippen molar-refractivity contribution >= 4 is 0 Å². The molecule has 4 unspecified atom stereocenters. The van der Waals surface area contributed by atoms with Crippen LogP contribution in [0.25, 0.3) is 0 Å². The SMILES string of the molecule is C=CC1(O)CCC(C)C2CC21OC. The Bertz CT molecular complexity index is 238. The Kier molecular flexibility index (Phi) is 1.83. The summed E-state index contributed by atoms with van der Waals surface area (Å²) >= 11 is 0. The van der Waals surface area contributed by atoms with Crippen LogP contribution in [0.4, 0.5) is 0 Å². The highest BCUT2D eigenvalue weighted by Crippen LogP contribution is 2.63. The Morgan fingerprint density at radius 2 is 2.31 bits per heavy atom. The van der Waals surface area contributed by atoms with E-state index in [2.05, 4.69) is 13.5 Å². The average molecular weight is 182 g/mol. The molecular weight excluding hydrogens is 164 g/mol. The summed E-state index contributed by atoms with van der Waals surface area (Å²) in [5.41, 5.74) is -1.08. The monoisotopic (exact) mass is 182 g/mol. The first-order chi connectivity index (χ1) is 6.09. The molecule has 74 valence electrons. The molecule has 2 fully saturated rings. The van der Waals surface area contributed by atoms with Gasteiger partial charge in [0.2, 0.25) is 0 Å². The summed E-state index contributed by atoms with van der Waals surface area (Å²) in [5.74, 6) is 1.22. The molecular formula is C11H18O2. The highest BCUT2D eigenvalue weighted by atomic mass is 16.5. The van der Waals surface area contributed by atoms with Gasteiger partial charge in [0.15, 0.2) is 0 Å². The lowest BCUT2D eigenvalue weighted by atomic mass is 9.77. The third-order valence-electron chi connectivity index (χ3n) is 4.06. The fraction of sp³-hybridized carbons (Fsp3) is 0.818. The highest BCUT2D eigenvalue weighted by molar-refractivity contribution is 5.26. The molecule has 0 aromatic carbocycles. The van der Waals surface area contributed by atoms with Gasteiger partial charge in [-0.15, -0.1) is 6.58 Å². The number of fused-ring (bicyclic) bond motifs is 1. The third-order valence-corrected chi connectivity index (χ3v) is 4.06. The molecule has 2 aliphatic carbocycles. The predicted octanol–water partition coefficient (Wildman–Crippen LogP) is 1.74. The number of hydrogen-bond acceptors (Lipinski definition) is 2. The first-order valence-corrected chi connectivity index (χ1v) is 5.01. The number of ether oxygens (including phenoxy) is 1. The van der Waals surface area contributed by atoms with E-state index in [4.69, 9.17) is 4.74 Å². The zero-order valence-electron chi connectivity index (χ0n) is 8.42. The predicted molar refractivity (Wildman–Crippen MR) is 51.4 cm³/mol. The molecule has 2 saturated carbocycles. The van der Waals surface area contributed by atoms with Crippen LogP contribution in [-0.2, 0) is 4.74 Å². The van der Waals surface area contributed by atoms with Gasteiger partial charge in [-0.05, 0) is 31.1 Å². The highest BCUT2D eigenvalue weighted by Gasteiger charge is 2.69. The Morgan fingerprint density at radius 3 is 2.85 bits per heavy atom. The van der Waals surface area contributed by atoms with Crippen molar-refractivity contribution in [3.05, 3.63) is 12.7 Å². The van der Waals surface area contributed by atoms with Crippen LogP contribution < -0.4 is 0 Å². The maximum atomic E-state index is 10.3. The van der Waals surface area contributed by atoms with Crippen molar-refractivity contribution in [1.82, 2.24) is 0 Å². The van der Waals surface area contributed by atoms with E-state index in [-0.39, 0.29) is 5.60 Å². The lowest BCUT2D eigenvalue weighted by Gasteiger charge is -2.39. The van der Waals surface area contributed by atoms with Crippen LogP contribution in [0.5, 0.6) is 0 Å². The van der Waals surface area contributed by atoms with Gasteiger partial charge in [0.05, 0.1) is 0 Å². The van der Waals surface area contributed by atoms with Crippen LogP contribution in [0.3, 0.4) is 0 Å². The number of hydrogen-bond donors (Lipinski definition) is 1. The first kappa shape index (κ1) is 9.22. The zero-order valence-corrected chi connectivity index (χ0v) is 8.42. The Balaban J connectivity index is 2.28. The van der Waals surface area contributed by atoms with Gasteiger partial charge in [-0.25, -0.2) is 0 Å². The lowest BCUT2D eigenvalue weighted by molar-refractivity contribution is -0.115. The Morgan fingerprint density at radius 1 is 1.62 bits per heavy atom. The third kappa shape index (κ3) is 0.960. The molecule has 0 amide bonds. The van der Waals surface area contributed by atoms with Crippen molar-refractivity contribution in [2.24, 2.45) is 11.8 Å². The summed E-state index contributed by atoms with van der Waals surface area (Å²) in [5, 5.41) is 10.3. The second-order valence-electron chi connectivity index (χ2n) is 4.55. The van der Waals surface area contributed by atoms with E-state index in [1.807, 2.05) is 0 Å². The Labute approximate surface area is 79.6 Å². The maximum absolute atomic E-state index is 10.3. The largest absolute Gasteiger partial charge is 0.383 e. The Hall–Kier alpha value is -0.340. The average Bonchev–Trinajstić information content (AvgIpc) is 2.89. The van der Waals surface area contributed by atoms with Gasteiger partial charge < -0.3 is 9.84 Å². The molecule has 0 aromatic rings. The summed E-state index contributed by atoms with van der Waals surface area (Å²) in [6.07, 6.45) is 4.54. The van der Waals surface area contributed by atoms with Gasteiger partial charge in [0.25, 0.3) is 0 Å².